The molecule has 9 nitrogen and oxygen atoms in total. The number of carbonyl (C=O) groups is 1. The average Bonchev–Trinajstić information content (AvgIpc) is 3.41. The molecule has 4 N–H and O–H groups in total. The van der Waals surface area contributed by atoms with Crippen molar-refractivity contribution in [2.24, 2.45) is 5.92 Å². The lowest BCUT2D eigenvalue weighted by molar-refractivity contribution is -0.207. The first-order valence-electron chi connectivity index (χ1n) is 11.0. The Bertz CT molecular complexity index is 706. The van der Waals surface area contributed by atoms with Gasteiger partial charge in [0, 0.05) is 18.9 Å². The fourth-order valence-corrected chi connectivity index (χ4v) is 5.51. The minimum absolute atomic E-state index is 0.116. The average molecular weight is 457 g/mol. The van der Waals surface area contributed by atoms with Gasteiger partial charge in [-0.3, -0.25) is 9.69 Å². The Labute approximate surface area is 188 Å². The molecule has 3 heterocycles. The number of nitrogens with zero attached hydrogens (tertiary/aromatic N) is 3. The highest BCUT2D eigenvalue weighted by Crippen LogP contribution is 2.32. The minimum atomic E-state index is -1.37. The summed E-state index contributed by atoms with van der Waals surface area (Å²) in [5, 5.41) is 34.5. The molecule has 0 radical (unpaired) electrons. The number of ether oxygens (including phenoxy) is 1. The first-order chi connectivity index (χ1) is 14.8. The molecule has 2 saturated heterocycles. The van der Waals surface area contributed by atoms with Crippen molar-refractivity contribution in [1.29, 1.82) is 0 Å². The molecule has 1 aromatic heterocycles. The number of thioether (sulfide) groups is 1. The number of imidazole rings is 1. The molecule has 3 rings (SSSR count). The predicted molar refractivity (Wildman–Crippen MR) is 118 cm³/mol. The molecule has 0 saturated carbocycles. The zero-order valence-corrected chi connectivity index (χ0v) is 19.5. The van der Waals surface area contributed by atoms with E-state index in [1.165, 1.54) is 11.8 Å². The van der Waals surface area contributed by atoms with Crippen LogP contribution in [0.2, 0.25) is 0 Å². The summed E-state index contributed by atoms with van der Waals surface area (Å²) in [5.41, 5.74) is -0.708. The van der Waals surface area contributed by atoms with Gasteiger partial charge in [0.05, 0.1) is 24.5 Å². The lowest BCUT2D eigenvalue weighted by Crippen LogP contribution is -2.64. The van der Waals surface area contributed by atoms with Crippen molar-refractivity contribution in [3.8, 4) is 0 Å². The molecule has 31 heavy (non-hydrogen) atoms. The minimum Gasteiger partial charge on any atom is -0.388 e. The third kappa shape index (κ3) is 5.26. The molecule has 0 spiro atoms. The number of likely N-dealkylation sites (tertiary alicyclic amines) is 1. The van der Waals surface area contributed by atoms with Crippen molar-refractivity contribution in [1.82, 2.24) is 19.8 Å². The second kappa shape index (κ2) is 10.6. The number of rotatable bonds is 8. The second-order valence-corrected chi connectivity index (χ2v) is 9.74. The number of aromatic nitrogens is 2. The van der Waals surface area contributed by atoms with Crippen LogP contribution in [0, 0.1) is 5.92 Å². The summed E-state index contributed by atoms with van der Waals surface area (Å²) >= 11 is 1.26. The van der Waals surface area contributed by atoms with E-state index in [-0.39, 0.29) is 18.0 Å². The van der Waals surface area contributed by atoms with Gasteiger partial charge in [-0.1, -0.05) is 13.3 Å². The van der Waals surface area contributed by atoms with Crippen molar-refractivity contribution in [3.63, 3.8) is 0 Å². The molecule has 10 heteroatoms. The SMILES string of the molecule is CCC[C@@H]1C[C@@H](C(=O)N[C@@H](C2OC(SC)C(O)C(O)C2O)[C@H](C)n2ccnc2)N(C)C1. The van der Waals surface area contributed by atoms with Crippen LogP contribution in [0.15, 0.2) is 18.7 Å². The Hall–Kier alpha value is -1.17. The van der Waals surface area contributed by atoms with Crippen molar-refractivity contribution in [2.45, 2.75) is 81.1 Å². The Kier molecular flexibility index (Phi) is 8.39. The lowest BCUT2D eigenvalue weighted by Gasteiger charge is -2.45. The van der Waals surface area contributed by atoms with Crippen molar-refractivity contribution in [2.75, 3.05) is 19.8 Å². The van der Waals surface area contributed by atoms with Crippen molar-refractivity contribution < 1.29 is 24.9 Å². The van der Waals surface area contributed by atoms with Gasteiger partial charge >= 0.3 is 0 Å². The highest BCUT2D eigenvalue weighted by molar-refractivity contribution is 7.99. The summed E-state index contributed by atoms with van der Waals surface area (Å²) in [7, 11) is 1.96. The van der Waals surface area contributed by atoms with E-state index in [9.17, 15) is 20.1 Å². The molecule has 2 aliphatic heterocycles. The van der Waals surface area contributed by atoms with Crippen LogP contribution in [0.25, 0.3) is 0 Å². The Morgan fingerprint density at radius 3 is 2.68 bits per heavy atom. The molecule has 2 fully saturated rings. The molecule has 0 aliphatic carbocycles. The predicted octanol–water partition coefficient (Wildman–Crippen LogP) is 0.220. The van der Waals surface area contributed by atoms with Crippen LogP contribution < -0.4 is 5.32 Å². The van der Waals surface area contributed by atoms with Crippen LogP contribution in [0.4, 0.5) is 0 Å². The van der Waals surface area contributed by atoms with Crippen LogP contribution >= 0.6 is 11.8 Å². The normalized spacial score (nSPS) is 36.3. The van der Waals surface area contributed by atoms with Gasteiger partial charge in [-0.15, -0.1) is 11.8 Å². The van der Waals surface area contributed by atoms with Gasteiger partial charge in [0.25, 0.3) is 0 Å². The zero-order valence-electron chi connectivity index (χ0n) is 18.7. The van der Waals surface area contributed by atoms with E-state index in [0.717, 1.165) is 25.8 Å². The summed E-state index contributed by atoms with van der Waals surface area (Å²) in [4.78, 5) is 19.5. The molecule has 5 unspecified atom stereocenters. The van der Waals surface area contributed by atoms with Gasteiger partial charge < -0.3 is 29.9 Å². The summed E-state index contributed by atoms with van der Waals surface area (Å²) in [6, 6.07) is -1.18. The zero-order chi connectivity index (χ0) is 22.7. The van der Waals surface area contributed by atoms with Gasteiger partial charge in [0.2, 0.25) is 5.91 Å². The maximum absolute atomic E-state index is 13.3. The van der Waals surface area contributed by atoms with E-state index in [1.54, 1.807) is 25.0 Å². The highest BCUT2D eigenvalue weighted by Gasteiger charge is 2.49. The van der Waals surface area contributed by atoms with E-state index < -0.39 is 35.9 Å². The molecule has 0 aromatic carbocycles. The third-order valence-electron chi connectivity index (χ3n) is 6.65. The Morgan fingerprint density at radius 1 is 1.32 bits per heavy atom. The molecule has 176 valence electrons. The van der Waals surface area contributed by atoms with E-state index in [1.807, 2.05) is 18.5 Å². The lowest BCUT2D eigenvalue weighted by atomic mass is 9.90. The van der Waals surface area contributed by atoms with Crippen LogP contribution in [0.3, 0.4) is 0 Å². The maximum Gasteiger partial charge on any atom is 0.237 e. The van der Waals surface area contributed by atoms with E-state index in [2.05, 4.69) is 22.1 Å². The summed E-state index contributed by atoms with van der Waals surface area (Å²) in [6.07, 6.45) is 5.01. The first kappa shape index (κ1) is 24.5. The van der Waals surface area contributed by atoms with Crippen LogP contribution in [0.1, 0.15) is 39.2 Å². The van der Waals surface area contributed by atoms with Crippen molar-refractivity contribution in [3.05, 3.63) is 18.7 Å². The number of nitrogens with one attached hydrogen (secondary N) is 1. The van der Waals surface area contributed by atoms with Gasteiger partial charge in [-0.05, 0) is 39.0 Å². The molecular weight excluding hydrogens is 420 g/mol. The van der Waals surface area contributed by atoms with Crippen molar-refractivity contribution >= 4 is 17.7 Å². The van der Waals surface area contributed by atoms with Gasteiger partial charge in [0.15, 0.2) is 0 Å². The molecule has 2 aliphatic rings. The Morgan fingerprint density at radius 2 is 2.06 bits per heavy atom. The number of aliphatic hydroxyl groups excluding tert-OH is 3. The first-order valence-corrected chi connectivity index (χ1v) is 12.3. The van der Waals surface area contributed by atoms with Gasteiger partial charge in [-0.25, -0.2) is 4.98 Å². The summed E-state index contributed by atoms with van der Waals surface area (Å²) in [5.74, 6) is 0.375. The molecule has 1 aromatic rings. The van der Waals surface area contributed by atoms with Crippen LogP contribution in [-0.4, -0.2) is 97.5 Å². The molecule has 9 atom stereocenters. The van der Waals surface area contributed by atoms with Gasteiger partial charge in [-0.2, -0.15) is 0 Å². The number of amides is 1. The van der Waals surface area contributed by atoms with Crippen LogP contribution in [0.5, 0.6) is 0 Å². The topological polar surface area (TPSA) is 120 Å². The summed E-state index contributed by atoms with van der Waals surface area (Å²) < 4.78 is 7.84. The number of carbonyl (C=O) groups excluding carboxylic acids is 1. The monoisotopic (exact) mass is 456 g/mol. The fraction of sp³-hybridized carbons (Fsp3) is 0.810. The standard InChI is InChI=1S/C21H36N4O5S/c1-5-6-13-9-14(24(3)10-13)20(29)23-15(12(2)25-8-7-22-11-25)19-17(27)16(26)18(28)21(30-19)31-4/h7-8,11-19,21,26-28H,5-6,9-10H2,1-4H3,(H,23,29)/t12-,13+,14-,15+,16?,17?,18?,19?,21?/m0/s1. The van der Waals surface area contributed by atoms with E-state index in [4.69, 9.17) is 4.74 Å². The number of likely N-dealkylation sites (N-methyl/N-ethyl adjacent to an activating group) is 1. The second-order valence-electron chi connectivity index (χ2n) is 8.81. The quantitative estimate of drug-likeness (QED) is 0.439. The summed E-state index contributed by atoms with van der Waals surface area (Å²) in [6.45, 7) is 4.95. The molecule has 1 amide bonds. The van der Waals surface area contributed by atoms with E-state index >= 15 is 0 Å². The Balaban J connectivity index is 1.82. The van der Waals surface area contributed by atoms with Crippen LogP contribution in [-0.2, 0) is 9.53 Å². The molecule has 0 bridgehead atoms. The van der Waals surface area contributed by atoms with E-state index in [0.29, 0.717) is 5.92 Å². The number of hydrogen-bond acceptors (Lipinski definition) is 8. The third-order valence-corrected chi connectivity index (χ3v) is 7.51. The number of hydrogen-bond donors (Lipinski definition) is 4. The fourth-order valence-electron chi connectivity index (χ4n) is 4.83. The van der Waals surface area contributed by atoms with Gasteiger partial charge in [0.1, 0.15) is 29.9 Å². The maximum atomic E-state index is 13.3. The largest absolute Gasteiger partial charge is 0.388 e. The smallest absolute Gasteiger partial charge is 0.237 e. The number of aliphatic hydroxyl groups is 3. The highest BCUT2D eigenvalue weighted by atomic mass is 32.2. The molecular formula is C21H36N4O5S.